The first-order valence-electron chi connectivity index (χ1n) is 7.16. The van der Waals surface area contributed by atoms with Crippen LogP contribution < -0.4 is 5.32 Å². The number of nitrogens with one attached hydrogen (secondary N) is 1. The minimum Gasteiger partial charge on any atom is -0.369 e. The van der Waals surface area contributed by atoms with Gasteiger partial charge >= 0.3 is 0 Å². The molecule has 0 amide bonds. The molecule has 5 nitrogen and oxygen atoms in total. The van der Waals surface area contributed by atoms with E-state index < -0.39 is 10.0 Å². The second-order valence-corrected chi connectivity index (χ2v) is 8.96. The van der Waals surface area contributed by atoms with Crippen molar-refractivity contribution in [3.8, 4) is 0 Å². The third kappa shape index (κ3) is 3.76. The normalized spacial score (nSPS) is 19.4. The smallest absolute Gasteiger partial charge is 0.246 e. The molecule has 1 aliphatic heterocycles. The molecule has 118 valence electrons. The summed E-state index contributed by atoms with van der Waals surface area (Å²) in [5.74, 6) is 0.420. The fraction of sp³-hybridized carbons (Fsp3) is 0.643. The van der Waals surface area contributed by atoms with Crippen molar-refractivity contribution >= 4 is 31.8 Å². The molecular weight excluding hydrogens is 354 g/mol. The Bertz CT molecular complexity index is 617. The Morgan fingerprint density at radius 2 is 2.19 bits per heavy atom. The van der Waals surface area contributed by atoms with Crippen LogP contribution in [0.3, 0.4) is 0 Å². The summed E-state index contributed by atoms with van der Waals surface area (Å²) in [4.78, 5) is 4.45. The van der Waals surface area contributed by atoms with Crippen molar-refractivity contribution in [1.82, 2.24) is 9.29 Å². The molecule has 2 heterocycles. The van der Waals surface area contributed by atoms with Gasteiger partial charge in [0.05, 0.1) is 0 Å². The van der Waals surface area contributed by atoms with Gasteiger partial charge < -0.3 is 5.32 Å². The molecule has 1 saturated heterocycles. The Labute approximate surface area is 135 Å². The summed E-state index contributed by atoms with van der Waals surface area (Å²) < 4.78 is 28.1. The SMILES string of the molecule is CCNc1ncc(Br)cc1S(=O)(=O)N1CCCC(C)(C)C1. The Morgan fingerprint density at radius 3 is 2.81 bits per heavy atom. The molecule has 2 rings (SSSR count). The van der Waals surface area contributed by atoms with Gasteiger partial charge in [0.2, 0.25) is 10.0 Å². The lowest BCUT2D eigenvalue weighted by molar-refractivity contribution is 0.187. The Kier molecular flexibility index (Phi) is 4.95. The van der Waals surface area contributed by atoms with E-state index in [1.165, 1.54) is 0 Å². The van der Waals surface area contributed by atoms with Gasteiger partial charge in [0, 0.05) is 30.3 Å². The molecule has 21 heavy (non-hydrogen) atoms. The van der Waals surface area contributed by atoms with Crippen LogP contribution in [0.4, 0.5) is 5.82 Å². The van der Waals surface area contributed by atoms with Crippen LogP contribution in [0.1, 0.15) is 33.6 Å². The molecule has 1 aliphatic rings. The number of hydrogen-bond donors (Lipinski definition) is 1. The fourth-order valence-electron chi connectivity index (χ4n) is 2.63. The summed E-state index contributed by atoms with van der Waals surface area (Å²) in [6.07, 6.45) is 3.55. The maximum absolute atomic E-state index is 12.9. The molecule has 7 heteroatoms. The third-order valence-corrected chi connectivity index (χ3v) is 5.94. The number of hydrogen-bond acceptors (Lipinski definition) is 4. The average molecular weight is 376 g/mol. The molecule has 0 aliphatic carbocycles. The van der Waals surface area contributed by atoms with Crippen molar-refractivity contribution in [1.29, 1.82) is 0 Å². The minimum absolute atomic E-state index is 0.0170. The molecule has 0 spiro atoms. The van der Waals surface area contributed by atoms with Crippen LogP contribution in [0.25, 0.3) is 0 Å². The maximum Gasteiger partial charge on any atom is 0.246 e. The van der Waals surface area contributed by atoms with Crippen molar-refractivity contribution in [2.75, 3.05) is 25.0 Å². The van der Waals surface area contributed by atoms with Crippen LogP contribution in [0.2, 0.25) is 0 Å². The van der Waals surface area contributed by atoms with E-state index in [1.54, 1.807) is 16.6 Å². The first kappa shape index (κ1) is 16.7. The molecule has 0 saturated carbocycles. The van der Waals surface area contributed by atoms with Gasteiger partial charge in [0.1, 0.15) is 10.7 Å². The standard InChI is InChI=1S/C14H22BrN3O2S/c1-4-16-13-12(8-11(15)9-17-13)21(19,20)18-7-5-6-14(2,3)10-18/h8-9H,4-7,10H2,1-3H3,(H,16,17). The lowest BCUT2D eigenvalue weighted by Crippen LogP contribution is -2.43. The topological polar surface area (TPSA) is 62.3 Å². The van der Waals surface area contributed by atoms with Crippen LogP contribution in [-0.4, -0.2) is 37.3 Å². The molecule has 1 aromatic heterocycles. The van der Waals surface area contributed by atoms with Gasteiger partial charge in [-0.3, -0.25) is 0 Å². The number of anilines is 1. The molecule has 0 atom stereocenters. The van der Waals surface area contributed by atoms with E-state index in [1.807, 2.05) is 6.92 Å². The van der Waals surface area contributed by atoms with Gasteiger partial charge in [-0.15, -0.1) is 0 Å². The third-order valence-electron chi connectivity index (χ3n) is 3.65. The zero-order valence-corrected chi connectivity index (χ0v) is 15.1. The highest BCUT2D eigenvalue weighted by Gasteiger charge is 2.35. The van der Waals surface area contributed by atoms with Gasteiger partial charge in [0.15, 0.2) is 0 Å². The second kappa shape index (κ2) is 6.22. The highest BCUT2D eigenvalue weighted by molar-refractivity contribution is 9.10. The minimum atomic E-state index is -3.53. The van der Waals surface area contributed by atoms with E-state index in [4.69, 9.17) is 0 Å². The largest absolute Gasteiger partial charge is 0.369 e. The van der Waals surface area contributed by atoms with Crippen molar-refractivity contribution in [2.24, 2.45) is 5.41 Å². The molecule has 0 bridgehead atoms. The number of nitrogens with zero attached hydrogens (tertiary/aromatic N) is 2. The monoisotopic (exact) mass is 375 g/mol. The second-order valence-electron chi connectivity index (χ2n) is 6.14. The van der Waals surface area contributed by atoms with E-state index >= 15 is 0 Å². The molecular formula is C14H22BrN3O2S. The van der Waals surface area contributed by atoms with Crippen LogP contribution in [0, 0.1) is 5.41 Å². The fourth-order valence-corrected chi connectivity index (χ4v) is 4.93. The summed E-state index contributed by atoms with van der Waals surface area (Å²) in [7, 11) is -3.53. The van der Waals surface area contributed by atoms with Gasteiger partial charge in [-0.25, -0.2) is 13.4 Å². The molecule has 1 aromatic rings. The average Bonchev–Trinajstić information content (AvgIpc) is 2.40. The van der Waals surface area contributed by atoms with Gasteiger partial charge in [0.25, 0.3) is 0 Å². The predicted octanol–water partition coefficient (Wildman–Crippen LogP) is 3.09. The van der Waals surface area contributed by atoms with Crippen LogP contribution in [-0.2, 0) is 10.0 Å². The van der Waals surface area contributed by atoms with Crippen LogP contribution in [0.15, 0.2) is 21.6 Å². The van der Waals surface area contributed by atoms with Crippen molar-refractivity contribution in [3.63, 3.8) is 0 Å². The molecule has 1 N–H and O–H groups in total. The number of sulfonamides is 1. The molecule has 0 unspecified atom stereocenters. The lowest BCUT2D eigenvalue weighted by atomic mass is 9.85. The maximum atomic E-state index is 12.9. The Morgan fingerprint density at radius 1 is 1.48 bits per heavy atom. The summed E-state index contributed by atoms with van der Waals surface area (Å²) in [6.45, 7) is 7.89. The van der Waals surface area contributed by atoms with E-state index in [2.05, 4.69) is 40.1 Å². The first-order valence-corrected chi connectivity index (χ1v) is 9.39. The van der Waals surface area contributed by atoms with Gasteiger partial charge in [-0.05, 0) is 47.2 Å². The highest BCUT2D eigenvalue weighted by atomic mass is 79.9. The number of aromatic nitrogens is 1. The zero-order chi connectivity index (χ0) is 15.7. The first-order chi connectivity index (χ1) is 9.76. The molecule has 0 aromatic carbocycles. The van der Waals surface area contributed by atoms with E-state index in [0.717, 1.165) is 12.8 Å². The van der Waals surface area contributed by atoms with E-state index in [0.29, 0.717) is 29.9 Å². The number of pyridine rings is 1. The molecule has 0 radical (unpaired) electrons. The number of piperidine rings is 1. The predicted molar refractivity (Wildman–Crippen MR) is 87.9 cm³/mol. The number of rotatable bonds is 4. The van der Waals surface area contributed by atoms with Gasteiger partial charge in [-0.2, -0.15) is 4.31 Å². The summed E-state index contributed by atoms with van der Waals surface area (Å²) in [5.41, 5.74) is 0.0170. The summed E-state index contributed by atoms with van der Waals surface area (Å²) >= 11 is 3.31. The van der Waals surface area contributed by atoms with E-state index in [-0.39, 0.29) is 10.3 Å². The summed E-state index contributed by atoms with van der Waals surface area (Å²) in [6, 6.07) is 1.63. The Balaban J connectivity index is 2.41. The Hall–Kier alpha value is -0.660. The van der Waals surface area contributed by atoms with E-state index in [9.17, 15) is 8.42 Å². The lowest BCUT2D eigenvalue weighted by Gasteiger charge is -2.37. The van der Waals surface area contributed by atoms with Crippen molar-refractivity contribution in [3.05, 3.63) is 16.7 Å². The molecule has 1 fully saturated rings. The number of halogens is 1. The van der Waals surface area contributed by atoms with Crippen molar-refractivity contribution < 1.29 is 8.42 Å². The van der Waals surface area contributed by atoms with Crippen LogP contribution in [0.5, 0.6) is 0 Å². The van der Waals surface area contributed by atoms with Crippen LogP contribution >= 0.6 is 15.9 Å². The van der Waals surface area contributed by atoms with Crippen molar-refractivity contribution in [2.45, 2.75) is 38.5 Å². The quantitative estimate of drug-likeness (QED) is 0.877. The zero-order valence-electron chi connectivity index (χ0n) is 12.7. The summed E-state index contributed by atoms with van der Waals surface area (Å²) in [5, 5.41) is 3.03. The highest BCUT2D eigenvalue weighted by Crippen LogP contribution is 2.33. The van der Waals surface area contributed by atoms with Gasteiger partial charge in [-0.1, -0.05) is 13.8 Å².